The minimum absolute atomic E-state index is 0. The minimum atomic E-state index is -4.72. The Bertz CT molecular complexity index is 1290. The van der Waals surface area contributed by atoms with Gasteiger partial charge in [0.1, 0.15) is 10.1 Å². The summed E-state index contributed by atoms with van der Waals surface area (Å²) in [6, 6.07) is 15.3. The quantitative estimate of drug-likeness (QED) is 0.183. The van der Waals surface area contributed by atoms with Crippen molar-refractivity contribution in [2.75, 3.05) is 13.2 Å². The van der Waals surface area contributed by atoms with Crippen LogP contribution in [0.1, 0.15) is 36.8 Å². The molecule has 7 nitrogen and oxygen atoms in total. The molecule has 0 saturated carbocycles. The van der Waals surface area contributed by atoms with Crippen molar-refractivity contribution in [3.8, 4) is 11.1 Å². The summed E-state index contributed by atoms with van der Waals surface area (Å²) in [7, 11) is -8.95. The molecule has 0 radical (unpaired) electrons. The maximum atomic E-state index is 14.3. The normalized spacial score (nSPS) is 13.1. The van der Waals surface area contributed by atoms with Crippen molar-refractivity contribution in [2.24, 2.45) is 0 Å². The molecular weight excluding hydrogens is 492 g/mol. The third-order valence-corrected chi connectivity index (χ3v) is 7.98. The Balaban J connectivity index is 0.00000408. The van der Waals surface area contributed by atoms with Crippen molar-refractivity contribution in [3.05, 3.63) is 71.8 Å². The van der Waals surface area contributed by atoms with E-state index in [1.54, 1.807) is 30.3 Å². The first-order valence-corrected chi connectivity index (χ1v) is 13.3. The number of hydrogen-bond donors (Lipinski definition) is 1. The molecule has 34 heavy (non-hydrogen) atoms. The molecule has 1 unspecified atom stereocenters. The number of aliphatic hydroxyl groups is 1. The minimum Gasteiger partial charge on any atom is -0.744 e. The fraction of sp³-hybridized carbons (Fsp3) is 0.304. The topological polar surface area (TPSA) is 115 Å². The van der Waals surface area contributed by atoms with Crippen LogP contribution in [0, 0.1) is 0 Å². The van der Waals surface area contributed by atoms with Crippen LogP contribution in [0.15, 0.2) is 70.5 Å². The second-order valence-corrected chi connectivity index (χ2v) is 11.0. The maximum Gasteiger partial charge on any atom is 1.00 e. The molecule has 1 atom stereocenters. The fourth-order valence-electron chi connectivity index (χ4n) is 3.63. The number of sulfonamides is 1. The van der Waals surface area contributed by atoms with Crippen LogP contribution < -0.4 is 29.6 Å². The Kier molecular flexibility index (Phi) is 10.2. The molecule has 0 bridgehead atoms. The van der Waals surface area contributed by atoms with Crippen molar-refractivity contribution in [3.63, 3.8) is 0 Å². The molecule has 0 fully saturated rings. The van der Waals surface area contributed by atoms with Crippen molar-refractivity contribution >= 4 is 20.1 Å². The molecule has 0 spiro atoms. The van der Waals surface area contributed by atoms with Crippen LogP contribution in [0.2, 0.25) is 0 Å². The fourth-order valence-corrected chi connectivity index (χ4v) is 5.46. The Morgan fingerprint density at radius 2 is 1.59 bits per heavy atom. The van der Waals surface area contributed by atoms with Gasteiger partial charge in [0.15, 0.2) is 0 Å². The number of halogens is 1. The summed E-state index contributed by atoms with van der Waals surface area (Å²) in [4.78, 5) is -0.467. The van der Waals surface area contributed by atoms with Crippen molar-refractivity contribution in [1.29, 1.82) is 0 Å². The summed E-state index contributed by atoms with van der Waals surface area (Å²) in [6.07, 6.45) is 0.904. The van der Waals surface area contributed by atoms with Crippen LogP contribution in [0.5, 0.6) is 0 Å². The first-order valence-electron chi connectivity index (χ1n) is 10.4. The van der Waals surface area contributed by atoms with Gasteiger partial charge in [-0.1, -0.05) is 49.4 Å². The van der Waals surface area contributed by atoms with Gasteiger partial charge in [0.25, 0.3) is 10.0 Å². The average Bonchev–Trinajstić information content (AvgIpc) is 3.00. The molecule has 2 aliphatic carbocycles. The van der Waals surface area contributed by atoms with Crippen LogP contribution in [-0.2, 0) is 26.6 Å². The Morgan fingerprint density at radius 3 is 2.18 bits per heavy atom. The number of aryl methyl sites for hydroxylation is 1. The summed E-state index contributed by atoms with van der Waals surface area (Å²) in [5.74, 6) is -0.167. The number of unbranched alkanes of at least 4 members (excludes halogenated alkanes) is 1. The predicted octanol–water partition coefficient (Wildman–Crippen LogP) is 0.693. The SMILES string of the molecule is CC(CO)c1ccc2c(CCCCN(F)S(=O)(=O)c3ccccc3)cc(S(=O)(=O)[O-])c-2cc1.[Na+]. The first kappa shape index (κ1) is 28.9. The van der Waals surface area contributed by atoms with Gasteiger partial charge >= 0.3 is 29.6 Å². The van der Waals surface area contributed by atoms with E-state index in [1.807, 2.05) is 6.92 Å². The summed E-state index contributed by atoms with van der Waals surface area (Å²) in [6.45, 7) is 1.38. The molecule has 1 N–H and O–H groups in total. The third kappa shape index (κ3) is 6.64. The average molecular weight is 518 g/mol. The zero-order chi connectivity index (χ0) is 24.2. The summed E-state index contributed by atoms with van der Waals surface area (Å²) in [5.41, 5.74) is 2.26. The van der Waals surface area contributed by atoms with Crippen LogP contribution >= 0.6 is 0 Å². The first-order chi connectivity index (χ1) is 15.6. The number of benzene rings is 1. The second-order valence-electron chi connectivity index (χ2n) is 7.85. The largest absolute Gasteiger partial charge is 1.00 e. The van der Waals surface area contributed by atoms with E-state index in [0.29, 0.717) is 24.0 Å². The van der Waals surface area contributed by atoms with Crippen molar-refractivity contribution in [1.82, 2.24) is 4.53 Å². The second kappa shape index (κ2) is 12.0. The molecule has 0 heterocycles. The van der Waals surface area contributed by atoms with E-state index in [1.165, 1.54) is 30.3 Å². The van der Waals surface area contributed by atoms with Gasteiger partial charge in [0.2, 0.25) is 0 Å². The number of fused-ring (bicyclic) bond motifs is 1. The molecular formula is C23H25FNNaO6S2. The van der Waals surface area contributed by atoms with Crippen LogP contribution in [-0.4, -0.2) is 44.2 Å². The monoisotopic (exact) mass is 517 g/mol. The molecule has 0 amide bonds. The zero-order valence-corrected chi connectivity index (χ0v) is 22.6. The van der Waals surface area contributed by atoms with E-state index in [-0.39, 0.29) is 74.9 Å². The predicted molar refractivity (Wildman–Crippen MR) is 121 cm³/mol. The molecule has 1 aromatic rings. The van der Waals surface area contributed by atoms with Gasteiger partial charge in [-0.25, -0.2) is 16.8 Å². The van der Waals surface area contributed by atoms with Gasteiger partial charge in [-0.3, -0.25) is 0 Å². The summed E-state index contributed by atoms with van der Waals surface area (Å²) in [5, 5.41) is 9.39. The molecule has 11 heteroatoms. The third-order valence-electron chi connectivity index (χ3n) is 5.54. The van der Waals surface area contributed by atoms with E-state index in [0.717, 1.165) is 5.56 Å². The Labute approximate surface area is 222 Å². The van der Waals surface area contributed by atoms with E-state index in [2.05, 4.69) is 0 Å². The van der Waals surface area contributed by atoms with E-state index in [4.69, 9.17) is 0 Å². The summed E-state index contributed by atoms with van der Waals surface area (Å²) >= 11 is 0. The van der Waals surface area contributed by atoms with Gasteiger partial charge in [0.05, 0.1) is 9.79 Å². The molecule has 3 rings (SSSR count). The molecule has 2 aliphatic rings. The van der Waals surface area contributed by atoms with Crippen LogP contribution in [0.4, 0.5) is 4.48 Å². The number of nitrogens with zero attached hydrogens (tertiary/aromatic N) is 1. The van der Waals surface area contributed by atoms with Crippen molar-refractivity contribution in [2.45, 2.75) is 41.9 Å². The molecule has 178 valence electrons. The van der Waals surface area contributed by atoms with E-state index >= 15 is 0 Å². The molecule has 0 aromatic heterocycles. The Hall–Kier alpha value is -1.37. The van der Waals surface area contributed by atoms with E-state index in [9.17, 15) is 31.0 Å². The Morgan fingerprint density at radius 1 is 0.971 bits per heavy atom. The summed E-state index contributed by atoms with van der Waals surface area (Å²) < 4.78 is 74.0. The van der Waals surface area contributed by atoms with E-state index < -0.39 is 20.1 Å². The van der Waals surface area contributed by atoms with Gasteiger partial charge in [-0.15, -0.1) is 4.48 Å². The number of hydrogen-bond acceptors (Lipinski definition) is 6. The van der Waals surface area contributed by atoms with Gasteiger partial charge in [0, 0.05) is 19.1 Å². The van der Waals surface area contributed by atoms with Crippen LogP contribution in [0.3, 0.4) is 0 Å². The van der Waals surface area contributed by atoms with Gasteiger partial charge in [-0.2, -0.15) is 0 Å². The van der Waals surface area contributed by atoms with Crippen molar-refractivity contribution < 1.29 is 60.5 Å². The van der Waals surface area contributed by atoms with Gasteiger partial charge in [-0.05, 0) is 64.2 Å². The van der Waals surface area contributed by atoms with Gasteiger partial charge < -0.3 is 9.66 Å². The maximum absolute atomic E-state index is 14.3. The smallest absolute Gasteiger partial charge is 0.744 e. The van der Waals surface area contributed by atoms with Crippen LogP contribution in [0.25, 0.3) is 11.1 Å². The number of rotatable bonds is 10. The molecule has 1 aromatic carbocycles. The molecule has 0 saturated heterocycles. The number of aliphatic hydroxyl groups excluding tert-OH is 1. The zero-order valence-electron chi connectivity index (χ0n) is 19.0. The standard InChI is InChI=1S/C23H26FNO6S2.Na/c1-17(16-26)18-10-12-21-19(15-23(33(29,30)31)22(21)13-11-18)7-5-6-14-25(24)32(27,28)20-8-3-2-4-9-20;/h2-4,8-13,15,17,26H,5-7,14,16H2,1H3,(H,29,30,31);/q;+1/p-1. The molecule has 0 aliphatic heterocycles.